The number of nitrogens with one attached hydrogen (secondary N) is 1. The molecule has 1 aromatic rings. The summed E-state index contributed by atoms with van der Waals surface area (Å²) in [4.78, 5) is 10.7. The lowest BCUT2D eigenvalue weighted by atomic mass is 10.1. The molecule has 17 heavy (non-hydrogen) atoms. The van der Waals surface area contributed by atoms with Gasteiger partial charge in [0, 0.05) is 18.7 Å². The second-order valence-electron chi connectivity index (χ2n) is 4.38. The van der Waals surface area contributed by atoms with Gasteiger partial charge in [-0.15, -0.1) is 12.4 Å². The molecule has 4 nitrogen and oxygen atoms in total. The van der Waals surface area contributed by atoms with E-state index in [0.717, 1.165) is 37.6 Å². The van der Waals surface area contributed by atoms with Crippen LogP contribution < -0.4 is 10.2 Å². The van der Waals surface area contributed by atoms with Crippen molar-refractivity contribution in [2.75, 3.05) is 24.5 Å². The Hall–Kier alpha value is -0.940. The van der Waals surface area contributed by atoms with E-state index in [9.17, 15) is 4.39 Å². The third-order valence-electron chi connectivity index (χ3n) is 3.29. The summed E-state index contributed by atoms with van der Waals surface area (Å²) in [6, 6.07) is 0. The highest BCUT2D eigenvalue weighted by Gasteiger charge is 2.26. The first-order valence-electron chi connectivity index (χ1n) is 5.77. The minimum atomic E-state index is -0.702. The van der Waals surface area contributed by atoms with Crippen molar-refractivity contribution < 1.29 is 4.39 Å². The van der Waals surface area contributed by atoms with Gasteiger partial charge in [0.25, 0.3) is 0 Å². The Morgan fingerprint density at radius 3 is 3.06 bits per heavy atom. The number of anilines is 1. The Kier molecular flexibility index (Phi) is 3.79. The van der Waals surface area contributed by atoms with Crippen LogP contribution in [0.2, 0.25) is 0 Å². The summed E-state index contributed by atoms with van der Waals surface area (Å²) < 4.78 is 13.2. The number of fused-ring (bicyclic) bond motifs is 1. The molecule has 1 aromatic heterocycles. The summed E-state index contributed by atoms with van der Waals surface area (Å²) in [6.07, 6.45) is 2.45. The Labute approximate surface area is 106 Å². The van der Waals surface area contributed by atoms with Crippen molar-refractivity contribution in [2.24, 2.45) is 0 Å². The highest BCUT2D eigenvalue weighted by Crippen LogP contribution is 2.26. The van der Waals surface area contributed by atoms with E-state index in [1.807, 2.05) is 0 Å². The number of nitrogens with zero attached hydrogens (tertiary/aromatic N) is 3. The van der Waals surface area contributed by atoms with Crippen LogP contribution in [-0.2, 0) is 13.0 Å². The summed E-state index contributed by atoms with van der Waals surface area (Å²) in [5.74, 6) is 0.951. The van der Waals surface area contributed by atoms with E-state index in [2.05, 4.69) is 20.2 Å². The van der Waals surface area contributed by atoms with Crippen molar-refractivity contribution in [3.05, 3.63) is 17.6 Å². The normalized spacial score (nSPS) is 23.1. The number of halogens is 2. The van der Waals surface area contributed by atoms with E-state index in [0.29, 0.717) is 13.0 Å². The molecular weight excluding hydrogens is 243 g/mol. The average molecular weight is 259 g/mol. The van der Waals surface area contributed by atoms with Crippen LogP contribution >= 0.6 is 12.4 Å². The van der Waals surface area contributed by atoms with Gasteiger partial charge in [-0.25, -0.2) is 14.4 Å². The fraction of sp³-hybridized carbons (Fsp3) is 0.636. The van der Waals surface area contributed by atoms with Crippen molar-refractivity contribution in [2.45, 2.75) is 25.6 Å². The molecule has 6 heteroatoms. The number of aromatic nitrogens is 2. The van der Waals surface area contributed by atoms with Gasteiger partial charge in [-0.2, -0.15) is 0 Å². The Balaban J connectivity index is 0.00000108. The molecule has 0 unspecified atom stereocenters. The lowest BCUT2D eigenvalue weighted by molar-refractivity contribution is 0.364. The summed E-state index contributed by atoms with van der Waals surface area (Å²) >= 11 is 0. The maximum absolute atomic E-state index is 13.2. The summed E-state index contributed by atoms with van der Waals surface area (Å²) in [6.45, 7) is 3.02. The molecule has 1 N–H and O–H groups in total. The topological polar surface area (TPSA) is 41.1 Å². The summed E-state index contributed by atoms with van der Waals surface area (Å²) in [5.41, 5.74) is 2.27. The second kappa shape index (κ2) is 5.14. The van der Waals surface area contributed by atoms with Crippen molar-refractivity contribution in [1.82, 2.24) is 15.3 Å². The molecule has 0 saturated carbocycles. The van der Waals surface area contributed by atoms with Gasteiger partial charge in [-0.3, -0.25) is 0 Å². The zero-order valence-electron chi connectivity index (χ0n) is 9.53. The smallest absolute Gasteiger partial charge is 0.135 e. The minimum Gasteiger partial charge on any atom is -0.353 e. The fourth-order valence-corrected chi connectivity index (χ4v) is 2.45. The fourth-order valence-electron chi connectivity index (χ4n) is 2.45. The van der Waals surface area contributed by atoms with Crippen molar-refractivity contribution >= 4 is 18.2 Å². The molecule has 0 amide bonds. The van der Waals surface area contributed by atoms with Crippen molar-refractivity contribution in [3.8, 4) is 0 Å². The van der Waals surface area contributed by atoms with Crippen LogP contribution in [0.1, 0.15) is 17.7 Å². The number of alkyl halides is 1. The number of rotatable bonds is 1. The van der Waals surface area contributed by atoms with Crippen LogP contribution in [0, 0.1) is 0 Å². The summed E-state index contributed by atoms with van der Waals surface area (Å²) in [7, 11) is 0. The molecule has 1 saturated heterocycles. The molecule has 0 radical (unpaired) electrons. The molecule has 2 aliphatic heterocycles. The van der Waals surface area contributed by atoms with Gasteiger partial charge in [-0.05, 0) is 19.4 Å². The summed E-state index contributed by atoms with van der Waals surface area (Å²) in [5, 5.41) is 3.28. The Morgan fingerprint density at radius 1 is 1.41 bits per heavy atom. The molecule has 1 fully saturated rings. The molecule has 1 atom stereocenters. The maximum Gasteiger partial charge on any atom is 0.135 e. The predicted molar refractivity (Wildman–Crippen MR) is 66.4 cm³/mol. The van der Waals surface area contributed by atoms with Crippen LogP contribution in [-0.4, -0.2) is 35.8 Å². The lowest BCUT2D eigenvalue weighted by Crippen LogP contribution is -2.29. The largest absolute Gasteiger partial charge is 0.353 e. The highest BCUT2D eigenvalue weighted by molar-refractivity contribution is 5.85. The highest BCUT2D eigenvalue weighted by atomic mass is 35.5. The van der Waals surface area contributed by atoms with Gasteiger partial charge in [0.1, 0.15) is 18.3 Å². The molecule has 0 aliphatic carbocycles. The van der Waals surface area contributed by atoms with Crippen LogP contribution in [0.4, 0.5) is 10.2 Å². The SMILES string of the molecule is Cl.F[C@@H]1CCN(c2ncnc3c2CCNC3)C1. The van der Waals surface area contributed by atoms with Gasteiger partial charge >= 0.3 is 0 Å². The van der Waals surface area contributed by atoms with E-state index in [4.69, 9.17) is 0 Å². The third kappa shape index (κ3) is 2.35. The van der Waals surface area contributed by atoms with Crippen LogP contribution in [0.3, 0.4) is 0 Å². The molecular formula is C11H16ClFN4. The quantitative estimate of drug-likeness (QED) is 0.819. The van der Waals surface area contributed by atoms with Gasteiger partial charge in [-0.1, -0.05) is 0 Å². The molecule has 0 aromatic carbocycles. The standard InChI is InChI=1S/C11H15FN4.ClH/c12-8-2-4-16(6-8)11-9-1-3-13-5-10(9)14-7-15-11;/h7-8,13H,1-6H2;1H/t8-;/m1./s1. The van der Waals surface area contributed by atoms with E-state index in [-0.39, 0.29) is 12.4 Å². The molecule has 0 bridgehead atoms. The van der Waals surface area contributed by atoms with E-state index in [1.54, 1.807) is 6.33 Å². The number of hydrogen-bond donors (Lipinski definition) is 1. The van der Waals surface area contributed by atoms with Gasteiger partial charge < -0.3 is 10.2 Å². The van der Waals surface area contributed by atoms with E-state index >= 15 is 0 Å². The van der Waals surface area contributed by atoms with E-state index < -0.39 is 6.17 Å². The van der Waals surface area contributed by atoms with Crippen molar-refractivity contribution in [1.29, 1.82) is 0 Å². The first-order valence-corrected chi connectivity index (χ1v) is 5.77. The van der Waals surface area contributed by atoms with Gasteiger partial charge in [0.05, 0.1) is 12.2 Å². The molecule has 94 valence electrons. The first-order chi connectivity index (χ1) is 7.84. The van der Waals surface area contributed by atoms with Crippen LogP contribution in [0.5, 0.6) is 0 Å². The zero-order valence-corrected chi connectivity index (χ0v) is 10.3. The van der Waals surface area contributed by atoms with Crippen LogP contribution in [0.15, 0.2) is 6.33 Å². The Bertz CT molecular complexity index is 401. The molecule has 2 aliphatic rings. The minimum absolute atomic E-state index is 0. The zero-order chi connectivity index (χ0) is 11.0. The van der Waals surface area contributed by atoms with Gasteiger partial charge in [0.2, 0.25) is 0 Å². The van der Waals surface area contributed by atoms with Crippen LogP contribution in [0.25, 0.3) is 0 Å². The van der Waals surface area contributed by atoms with E-state index in [1.165, 1.54) is 5.56 Å². The average Bonchev–Trinajstić information content (AvgIpc) is 2.75. The molecule has 3 rings (SSSR count). The maximum atomic E-state index is 13.2. The third-order valence-corrected chi connectivity index (χ3v) is 3.29. The molecule has 3 heterocycles. The monoisotopic (exact) mass is 258 g/mol. The van der Waals surface area contributed by atoms with Gasteiger partial charge in [0.15, 0.2) is 0 Å². The number of hydrogen-bond acceptors (Lipinski definition) is 4. The predicted octanol–water partition coefficient (Wildman–Crippen LogP) is 1.09. The van der Waals surface area contributed by atoms with Crippen molar-refractivity contribution in [3.63, 3.8) is 0 Å². The Morgan fingerprint density at radius 2 is 2.29 bits per heavy atom. The molecule has 0 spiro atoms. The first kappa shape index (κ1) is 12.5. The lowest BCUT2D eigenvalue weighted by Gasteiger charge is -2.24. The second-order valence-corrected chi connectivity index (χ2v) is 4.38.